The van der Waals surface area contributed by atoms with E-state index in [1.807, 2.05) is 0 Å². The van der Waals surface area contributed by atoms with Crippen molar-refractivity contribution < 1.29 is 52.4 Å². The highest BCUT2D eigenvalue weighted by Crippen LogP contribution is 2.33. The Morgan fingerprint density at radius 2 is 1.17 bits per heavy atom. The second kappa shape index (κ2) is 8.82. The van der Waals surface area contributed by atoms with Crippen molar-refractivity contribution in [3.63, 3.8) is 0 Å². The molecule has 14 nitrogen and oxygen atoms in total. The molecule has 2 aromatic rings. The second-order valence-electron chi connectivity index (χ2n) is 7.24. The molecule has 18 heteroatoms. The van der Waals surface area contributed by atoms with Crippen molar-refractivity contribution >= 4 is 52.2 Å². The molecule has 0 heterocycles. The standard InChI is InChI=1S/C17H16N2O12S4/c1-2-3-9-6-12-14(8-15(9)33(24,25)19-35(29,30)31)16(20)11-5-4-10(7-13(11)17(12)21)32(22,23)18-34(26,27)28/h4-8,18-19H,2-3H2,1H3,(H,26,27,28)(H,29,30,31). The Balaban J connectivity index is 2.22. The van der Waals surface area contributed by atoms with Gasteiger partial charge in [0.15, 0.2) is 11.6 Å². The van der Waals surface area contributed by atoms with E-state index in [2.05, 4.69) is 0 Å². The highest BCUT2D eigenvalue weighted by atomic mass is 32.3. The van der Waals surface area contributed by atoms with Gasteiger partial charge in [0.2, 0.25) is 0 Å². The molecule has 0 aliphatic heterocycles. The first-order valence-corrected chi connectivity index (χ1v) is 15.1. The van der Waals surface area contributed by atoms with Crippen molar-refractivity contribution in [3.8, 4) is 0 Å². The van der Waals surface area contributed by atoms with Crippen LogP contribution in [0.4, 0.5) is 0 Å². The molecule has 190 valence electrons. The Labute approximate surface area is 200 Å². The van der Waals surface area contributed by atoms with Crippen LogP contribution in [-0.4, -0.2) is 54.3 Å². The van der Waals surface area contributed by atoms with Gasteiger partial charge in [-0.2, -0.15) is 16.8 Å². The molecule has 0 unspecified atom stereocenters. The molecule has 0 radical (unpaired) electrons. The van der Waals surface area contributed by atoms with Crippen molar-refractivity contribution in [1.82, 2.24) is 8.25 Å². The Bertz CT molecular complexity index is 1710. The summed E-state index contributed by atoms with van der Waals surface area (Å²) >= 11 is 0. The summed E-state index contributed by atoms with van der Waals surface area (Å²) in [5.74, 6) is -1.81. The predicted molar refractivity (Wildman–Crippen MR) is 117 cm³/mol. The lowest BCUT2D eigenvalue weighted by molar-refractivity contribution is 0.0978. The lowest BCUT2D eigenvalue weighted by Gasteiger charge is -2.21. The Kier molecular flexibility index (Phi) is 6.81. The van der Waals surface area contributed by atoms with Crippen LogP contribution >= 0.6 is 0 Å². The first kappa shape index (κ1) is 27.0. The zero-order valence-electron chi connectivity index (χ0n) is 17.4. The van der Waals surface area contributed by atoms with Gasteiger partial charge < -0.3 is 0 Å². The van der Waals surface area contributed by atoms with Gasteiger partial charge in [-0.25, -0.2) is 16.8 Å². The third kappa shape index (κ3) is 5.64. The van der Waals surface area contributed by atoms with Crippen molar-refractivity contribution in [2.24, 2.45) is 0 Å². The number of rotatable bonds is 8. The van der Waals surface area contributed by atoms with Crippen LogP contribution in [0.25, 0.3) is 0 Å². The van der Waals surface area contributed by atoms with E-state index >= 15 is 0 Å². The average molecular weight is 569 g/mol. The normalized spacial score (nSPS) is 14.5. The Hall–Kier alpha value is -2.58. The molecule has 2 aromatic carbocycles. The topological polar surface area (TPSA) is 235 Å². The number of hydrogen-bond acceptors (Lipinski definition) is 10. The zero-order valence-corrected chi connectivity index (χ0v) is 20.7. The minimum Gasteiger partial charge on any atom is -0.289 e. The van der Waals surface area contributed by atoms with Gasteiger partial charge in [0.05, 0.1) is 9.79 Å². The molecule has 35 heavy (non-hydrogen) atoms. The van der Waals surface area contributed by atoms with Gasteiger partial charge >= 0.3 is 20.6 Å². The summed E-state index contributed by atoms with van der Waals surface area (Å²) in [6.45, 7) is 1.65. The summed E-state index contributed by atoms with van der Waals surface area (Å²) in [5, 5.41) is 0. The van der Waals surface area contributed by atoms with Crippen LogP contribution in [0, 0.1) is 0 Å². The molecular formula is C17H16N2O12S4. The van der Waals surface area contributed by atoms with E-state index in [0.717, 1.165) is 38.6 Å². The van der Waals surface area contributed by atoms with Crippen LogP contribution in [0.2, 0.25) is 0 Å². The van der Waals surface area contributed by atoms with Crippen molar-refractivity contribution in [3.05, 3.63) is 58.1 Å². The summed E-state index contributed by atoms with van der Waals surface area (Å²) in [6.07, 6.45) is 0.339. The number of carbonyl (C=O) groups is 2. The smallest absolute Gasteiger partial charge is 0.289 e. The van der Waals surface area contributed by atoms with Crippen LogP contribution < -0.4 is 8.25 Å². The van der Waals surface area contributed by atoms with Gasteiger partial charge in [-0.05, 0) is 42.3 Å². The fraction of sp³-hybridized carbons (Fsp3) is 0.176. The van der Waals surface area contributed by atoms with Crippen LogP contribution in [-0.2, 0) is 47.1 Å². The van der Waals surface area contributed by atoms with E-state index in [-0.39, 0.29) is 23.1 Å². The quantitative estimate of drug-likeness (QED) is 0.253. The molecule has 4 N–H and O–H groups in total. The molecule has 0 fully saturated rings. The first-order chi connectivity index (χ1) is 15.9. The highest BCUT2D eigenvalue weighted by molar-refractivity contribution is 8.02. The summed E-state index contributed by atoms with van der Waals surface area (Å²) in [7, 11) is -20.1. The van der Waals surface area contributed by atoms with E-state index in [4.69, 9.17) is 9.11 Å². The van der Waals surface area contributed by atoms with Gasteiger partial charge in [-0.3, -0.25) is 18.7 Å². The SMILES string of the molecule is CCCc1cc2c(cc1S(=O)(=O)NS(=O)(=O)O)C(=O)c1ccc(S(=O)(=O)NS(=O)(=O)O)cc1C2=O. The van der Waals surface area contributed by atoms with E-state index in [1.165, 1.54) is 0 Å². The fourth-order valence-corrected chi connectivity index (χ4v) is 7.71. The van der Waals surface area contributed by atoms with Crippen molar-refractivity contribution in [1.29, 1.82) is 0 Å². The highest BCUT2D eigenvalue weighted by Gasteiger charge is 2.35. The molecule has 0 saturated carbocycles. The summed E-state index contributed by atoms with van der Waals surface area (Å²) in [5.41, 5.74) is -1.58. The largest absolute Gasteiger partial charge is 0.346 e. The maximum atomic E-state index is 13.1. The second-order valence-corrected chi connectivity index (χ2v) is 13.4. The minimum absolute atomic E-state index is 0.00995. The molecule has 0 spiro atoms. The Morgan fingerprint density at radius 3 is 1.71 bits per heavy atom. The van der Waals surface area contributed by atoms with Crippen LogP contribution in [0.3, 0.4) is 0 Å². The van der Waals surface area contributed by atoms with E-state index in [0.29, 0.717) is 6.42 Å². The van der Waals surface area contributed by atoms with Gasteiger partial charge in [0, 0.05) is 22.3 Å². The third-order valence-electron chi connectivity index (χ3n) is 4.72. The van der Waals surface area contributed by atoms with Gasteiger partial charge in [0.25, 0.3) is 20.0 Å². The van der Waals surface area contributed by atoms with Crippen LogP contribution in [0.15, 0.2) is 40.1 Å². The first-order valence-electron chi connectivity index (χ1n) is 9.28. The summed E-state index contributed by atoms with van der Waals surface area (Å²) in [6, 6.07) is 4.21. The number of fused-ring (bicyclic) bond motifs is 2. The van der Waals surface area contributed by atoms with E-state index < -0.39 is 73.1 Å². The van der Waals surface area contributed by atoms with Crippen LogP contribution in [0.5, 0.6) is 0 Å². The lowest BCUT2D eigenvalue weighted by atomic mass is 9.83. The minimum atomic E-state index is -5.20. The molecule has 0 bridgehead atoms. The maximum Gasteiger partial charge on any atom is 0.346 e. The average Bonchev–Trinajstić information content (AvgIpc) is 2.68. The number of carbonyl (C=O) groups excluding carboxylic acids is 2. The molecule has 0 aromatic heterocycles. The Morgan fingerprint density at radius 1 is 0.686 bits per heavy atom. The number of aryl methyl sites for hydroxylation is 1. The van der Waals surface area contributed by atoms with Crippen LogP contribution in [0.1, 0.15) is 50.8 Å². The van der Waals surface area contributed by atoms with Crippen molar-refractivity contribution in [2.75, 3.05) is 0 Å². The lowest BCUT2D eigenvalue weighted by Crippen LogP contribution is -2.32. The molecular weight excluding hydrogens is 552 g/mol. The van der Waals surface area contributed by atoms with Crippen molar-refractivity contribution in [2.45, 2.75) is 29.6 Å². The van der Waals surface area contributed by atoms with Gasteiger partial charge in [-0.15, -0.1) is 0 Å². The van der Waals surface area contributed by atoms with E-state index in [1.54, 1.807) is 6.92 Å². The number of benzene rings is 2. The number of sulfonamides is 2. The summed E-state index contributed by atoms with van der Waals surface area (Å²) in [4.78, 5) is 24.7. The number of ketones is 2. The maximum absolute atomic E-state index is 13.1. The number of hydrogen-bond donors (Lipinski definition) is 4. The molecule has 1 aliphatic carbocycles. The summed E-state index contributed by atoms with van der Waals surface area (Å²) < 4.78 is 113. The fourth-order valence-electron chi connectivity index (χ4n) is 3.45. The van der Waals surface area contributed by atoms with Gasteiger partial charge in [-0.1, -0.05) is 21.6 Å². The van der Waals surface area contributed by atoms with E-state index in [9.17, 15) is 43.3 Å². The number of nitrogens with one attached hydrogen (secondary N) is 2. The molecule has 0 atom stereocenters. The molecule has 1 aliphatic rings. The van der Waals surface area contributed by atoms with Gasteiger partial charge in [0.1, 0.15) is 0 Å². The predicted octanol–water partition coefficient (Wildman–Crippen LogP) is -0.423. The monoisotopic (exact) mass is 568 g/mol. The molecule has 0 saturated heterocycles. The zero-order chi connectivity index (χ0) is 26.6. The molecule has 3 rings (SSSR count). The molecule has 0 amide bonds. The third-order valence-corrected chi connectivity index (χ3v) is 9.99.